The molecule has 2 fully saturated rings. The predicted molar refractivity (Wildman–Crippen MR) is 90.8 cm³/mol. The third-order valence-corrected chi connectivity index (χ3v) is 5.47. The van der Waals surface area contributed by atoms with Crippen LogP contribution in [0.25, 0.3) is 0 Å². The van der Waals surface area contributed by atoms with E-state index in [1.54, 1.807) is 0 Å². The van der Waals surface area contributed by atoms with E-state index in [4.69, 9.17) is 0 Å². The number of hydrogen-bond donors (Lipinski definition) is 1. The maximum absolute atomic E-state index is 12.4. The Labute approximate surface area is 136 Å². The Bertz CT molecular complexity index is 308. The first-order chi connectivity index (χ1) is 9.58. The summed E-state index contributed by atoms with van der Waals surface area (Å²) in [6.07, 6.45) is 5.70. The molecule has 2 rings (SSSR count). The fourth-order valence-corrected chi connectivity index (χ4v) is 3.75. The molecule has 4 heteroatoms. The standard InChI is InChI=1S/C17H32N2O.ClH/c1-13(2)15-6-9-19(10-7-15)17(20)11-14(3)16-5-4-8-18-12-16;/h13-16,18H,4-12H2,1-3H3;1H. The van der Waals surface area contributed by atoms with E-state index < -0.39 is 0 Å². The van der Waals surface area contributed by atoms with Crippen LogP contribution < -0.4 is 5.32 Å². The number of hydrogen-bond acceptors (Lipinski definition) is 2. The van der Waals surface area contributed by atoms with Crippen LogP contribution in [0.4, 0.5) is 0 Å². The zero-order valence-corrected chi connectivity index (χ0v) is 14.8. The van der Waals surface area contributed by atoms with E-state index in [9.17, 15) is 4.79 Å². The lowest BCUT2D eigenvalue weighted by atomic mass is 9.84. The van der Waals surface area contributed by atoms with Crippen molar-refractivity contribution in [2.75, 3.05) is 26.2 Å². The van der Waals surface area contributed by atoms with Crippen molar-refractivity contribution in [1.82, 2.24) is 10.2 Å². The summed E-state index contributed by atoms with van der Waals surface area (Å²) in [6, 6.07) is 0. The minimum Gasteiger partial charge on any atom is -0.343 e. The molecular formula is C17H33ClN2O. The number of carbonyl (C=O) groups excluding carboxylic acids is 1. The van der Waals surface area contributed by atoms with Gasteiger partial charge in [-0.15, -0.1) is 12.4 Å². The second-order valence-corrected chi connectivity index (χ2v) is 7.25. The van der Waals surface area contributed by atoms with Gasteiger partial charge in [-0.2, -0.15) is 0 Å². The SMILES string of the molecule is CC(C)C1CCN(C(=O)CC(C)C2CCCNC2)CC1.Cl. The molecule has 0 saturated carbocycles. The first-order valence-corrected chi connectivity index (χ1v) is 8.56. The molecule has 0 radical (unpaired) electrons. The van der Waals surface area contributed by atoms with Crippen LogP contribution in [-0.4, -0.2) is 37.0 Å². The first kappa shape index (κ1) is 18.8. The number of halogens is 1. The molecule has 124 valence electrons. The number of nitrogens with one attached hydrogen (secondary N) is 1. The summed E-state index contributed by atoms with van der Waals surface area (Å²) in [5.41, 5.74) is 0. The van der Waals surface area contributed by atoms with E-state index >= 15 is 0 Å². The highest BCUT2D eigenvalue weighted by molar-refractivity contribution is 5.85. The van der Waals surface area contributed by atoms with Crippen molar-refractivity contribution in [3.63, 3.8) is 0 Å². The van der Waals surface area contributed by atoms with Crippen molar-refractivity contribution < 1.29 is 4.79 Å². The second kappa shape index (κ2) is 8.99. The quantitative estimate of drug-likeness (QED) is 0.863. The van der Waals surface area contributed by atoms with Gasteiger partial charge in [-0.25, -0.2) is 0 Å². The number of nitrogens with zero attached hydrogens (tertiary/aromatic N) is 1. The molecule has 2 saturated heterocycles. The van der Waals surface area contributed by atoms with Gasteiger partial charge in [0.05, 0.1) is 0 Å². The number of rotatable bonds is 4. The van der Waals surface area contributed by atoms with Crippen molar-refractivity contribution >= 4 is 18.3 Å². The summed E-state index contributed by atoms with van der Waals surface area (Å²) in [5.74, 6) is 3.20. The highest BCUT2D eigenvalue weighted by atomic mass is 35.5. The van der Waals surface area contributed by atoms with Crippen molar-refractivity contribution in [2.24, 2.45) is 23.7 Å². The first-order valence-electron chi connectivity index (χ1n) is 8.56. The zero-order valence-electron chi connectivity index (χ0n) is 13.9. The Morgan fingerprint density at radius 1 is 1.14 bits per heavy atom. The van der Waals surface area contributed by atoms with E-state index in [2.05, 4.69) is 31.0 Å². The van der Waals surface area contributed by atoms with Gasteiger partial charge in [-0.3, -0.25) is 4.79 Å². The van der Waals surface area contributed by atoms with Gasteiger partial charge in [0.1, 0.15) is 0 Å². The van der Waals surface area contributed by atoms with E-state index in [1.165, 1.54) is 25.7 Å². The molecule has 2 unspecified atom stereocenters. The lowest BCUT2D eigenvalue weighted by Gasteiger charge is -2.35. The van der Waals surface area contributed by atoms with Gasteiger partial charge in [-0.1, -0.05) is 20.8 Å². The number of amides is 1. The molecule has 2 atom stereocenters. The lowest BCUT2D eigenvalue weighted by Crippen LogP contribution is -2.41. The molecule has 21 heavy (non-hydrogen) atoms. The van der Waals surface area contributed by atoms with Crippen LogP contribution in [0.1, 0.15) is 52.9 Å². The summed E-state index contributed by atoms with van der Waals surface area (Å²) in [6.45, 7) is 11.1. The van der Waals surface area contributed by atoms with Gasteiger partial charge in [0.2, 0.25) is 5.91 Å². The van der Waals surface area contributed by atoms with Crippen molar-refractivity contribution in [3.8, 4) is 0 Å². The average molecular weight is 317 g/mol. The summed E-state index contributed by atoms with van der Waals surface area (Å²) in [4.78, 5) is 14.5. The van der Waals surface area contributed by atoms with E-state index in [0.717, 1.165) is 44.4 Å². The molecule has 0 aromatic rings. The Morgan fingerprint density at radius 2 is 1.81 bits per heavy atom. The Kier molecular flexibility index (Phi) is 8.04. The van der Waals surface area contributed by atoms with Gasteiger partial charge in [0.15, 0.2) is 0 Å². The zero-order chi connectivity index (χ0) is 14.5. The predicted octanol–water partition coefficient (Wildman–Crippen LogP) is 3.33. The summed E-state index contributed by atoms with van der Waals surface area (Å²) < 4.78 is 0. The third kappa shape index (κ3) is 5.45. The fraction of sp³-hybridized carbons (Fsp3) is 0.941. The summed E-state index contributed by atoms with van der Waals surface area (Å²) >= 11 is 0. The van der Waals surface area contributed by atoms with E-state index in [-0.39, 0.29) is 12.4 Å². The van der Waals surface area contributed by atoms with Crippen LogP contribution in [0.2, 0.25) is 0 Å². The molecule has 0 aromatic heterocycles. The molecule has 0 spiro atoms. The van der Waals surface area contributed by atoms with Crippen LogP contribution in [-0.2, 0) is 4.79 Å². The van der Waals surface area contributed by atoms with Crippen molar-refractivity contribution in [3.05, 3.63) is 0 Å². The molecule has 2 aliphatic heterocycles. The van der Waals surface area contributed by atoms with Crippen LogP contribution in [0.3, 0.4) is 0 Å². The van der Waals surface area contributed by atoms with Gasteiger partial charge < -0.3 is 10.2 Å². The summed E-state index contributed by atoms with van der Waals surface area (Å²) in [7, 11) is 0. The maximum atomic E-state index is 12.4. The van der Waals surface area contributed by atoms with Gasteiger partial charge in [0.25, 0.3) is 0 Å². The number of likely N-dealkylation sites (tertiary alicyclic amines) is 1. The summed E-state index contributed by atoms with van der Waals surface area (Å²) in [5, 5.41) is 3.46. The molecule has 0 aromatic carbocycles. The van der Waals surface area contributed by atoms with Gasteiger partial charge in [0, 0.05) is 19.5 Å². The smallest absolute Gasteiger partial charge is 0.222 e. The monoisotopic (exact) mass is 316 g/mol. The van der Waals surface area contributed by atoms with Crippen LogP contribution >= 0.6 is 12.4 Å². The Morgan fingerprint density at radius 3 is 2.33 bits per heavy atom. The highest BCUT2D eigenvalue weighted by Crippen LogP contribution is 2.27. The van der Waals surface area contributed by atoms with Crippen LogP contribution in [0.5, 0.6) is 0 Å². The molecule has 1 N–H and O–H groups in total. The molecule has 2 heterocycles. The lowest BCUT2D eigenvalue weighted by molar-refractivity contribution is -0.134. The largest absolute Gasteiger partial charge is 0.343 e. The van der Waals surface area contributed by atoms with Crippen LogP contribution in [0, 0.1) is 23.7 Å². The highest BCUT2D eigenvalue weighted by Gasteiger charge is 2.27. The molecule has 2 aliphatic rings. The Balaban J connectivity index is 0.00000220. The molecule has 0 aliphatic carbocycles. The average Bonchev–Trinajstić information content (AvgIpc) is 2.48. The third-order valence-electron chi connectivity index (χ3n) is 5.47. The molecule has 1 amide bonds. The van der Waals surface area contributed by atoms with Crippen LogP contribution in [0.15, 0.2) is 0 Å². The number of carbonyl (C=O) groups is 1. The van der Waals surface area contributed by atoms with Gasteiger partial charge >= 0.3 is 0 Å². The molecule has 0 bridgehead atoms. The number of piperidine rings is 2. The van der Waals surface area contributed by atoms with Gasteiger partial charge in [-0.05, 0) is 62.4 Å². The second-order valence-electron chi connectivity index (χ2n) is 7.25. The van der Waals surface area contributed by atoms with E-state index in [1.807, 2.05) is 0 Å². The fourth-order valence-electron chi connectivity index (χ4n) is 3.75. The topological polar surface area (TPSA) is 32.3 Å². The normalized spacial score (nSPS) is 25.5. The minimum absolute atomic E-state index is 0. The van der Waals surface area contributed by atoms with Crippen molar-refractivity contribution in [1.29, 1.82) is 0 Å². The maximum Gasteiger partial charge on any atom is 0.222 e. The molecular weight excluding hydrogens is 284 g/mol. The van der Waals surface area contributed by atoms with Crippen molar-refractivity contribution in [2.45, 2.75) is 52.9 Å². The minimum atomic E-state index is 0. The Hall–Kier alpha value is -0.280. The van der Waals surface area contributed by atoms with E-state index in [0.29, 0.717) is 17.7 Å². The molecule has 3 nitrogen and oxygen atoms in total.